The van der Waals surface area contributed by atoms with Crippen LogP contribution in [0.2, 0.25) is 0 Å². The second-order valence-electron chi connectivity index (χ2n) is 4.10. The summed E-state index contributed by atoms with van der Waals surface area (Å²) in [5.41, 5.74) is 0.696. The molecule has 0 aliphatic carbocycles. The summed E-state index contributed by atoms with van der Waals surface area (Å²) >= 11 is 2.38. The summed E-state index contributed by atoms with van der Waals surface area (Å²) in [5, 5.41) is 8.60. The molecule has 3 N–H and O–H groups in total. The molecule has 2 rings (SSSR count). The number of carbonyl (C=O) groups excluding carboxylic acids is 1. The van der Waals surface area contributed by atoms with Gasteiger partial charge in [-0.15, -0.1) is 22.7 Å². The van der Waals surface area contributed by atoms with Crippen LogP contribution in [0.3, 0.4) is 0 Å². The zero-order valence-electron chi connectivity index (χ0n) is 10.8. The largest absolute Gasteiger partial charge is 0.346 e. The summed E-state index contributed by atoms with van der Waals surface area (Å²) in [6.07, 6.45) is 0. The number of amides is 1. The number of nitrogens with one attached hydrogen (secondary N) is 1. The lowest BCUT2D eigenvalue weighted by molar-refractivity contribution is 0.0954. The van der Waals surface area contributed by atoms with Crippen LogP contribution >= 0.6 is 22.7 Å². The van der Waals surface area contributed by atoms with E-state index < -0.39 is 10.0 Å². The number of aryl methyl sites for hydroxylation is 2. The van der Waals surface area contributed by atoms with Crippen LogP contribution in [0, 0.1) is 13.8 Å². The molecular formula is C11H13N3O3S3. The molecule has 0 aliphatic heterocycles. The monoisotopic (exact) mass is 331 g/mol. The summed E-state index contributed by atoms with van der Waals surface area (Å²) in [4.78, 5) is 17.5. The number of thiophene rings is 1. The van der Waals surface area contributed by atoms with Gasteiger partial charge in [0.05, 0.1) is 17.2 Å². The van der Waals surface area contributed by atoms with Crippen LogP contribution in [0.25, 0.3) is 0 Å². The Bertz CT molecular complexity index is 746. The molecular weight excluding hydrogens is 318 g/mol. The Hall–Kier alpha value is -1.29. The zero-order valence-corrected chi connectivity index (χ0v) is 13.3. The van der Waals surface area contributed by atoms with Crippen LogP contribution in [0.5, 0.6) is 0 Å². The number of hydrogen-bond acceptors (Lipinski definition) is 6. The number of nitrogens with two attached hydrogens (primary N) is 1. The van der Waals surface area contributed by atoms with Crippen molar-refractivity contribution in [2.75, 3.05) is 0 Å². The molecule has 0 atom stereocenters. The van der Waals surface area contributed by atoms with Crippen molar-refractivity contribution in [2.24, 2.45) is 5.14 Å². The fourth-order valence-electron chi connectivity index (χ4n) is 1.60. The highest BCUT2D eigenvalue weighted by atomic mass is 32.2. The topological polar surface area (TPSA) is 102 Å². The van der Waals surface area contributed by atoms with Crippen molar-refractivity contribution in [1.82, 2.24) is 10.3 Å². The van der Waals surface area contributed by atoms with Crippen molar-refractivity contribution in [3.8, 4) is 0 Å². The van der Waals surface area contributed by atoms with Gasteiger partial charge in [0.2, 0.25) is 10.0 Å². The molecule has 0 saturated heterocycles. The molecule has 2 heterocycles. The van der Waals surface area contributed by atoms with Gasteiger partial charge < -0.3 is 5.32 Å². The lowest BCUT2D eigenvalue weighted by Crippen LogP contribution is -2.22. The third-order valence-electron chi connectivity index (χ3n) is 2.45. The summed E-state index contributed by atoms with van der Waals surface area (Å²) in [6, 6.07) is 3.07. The van der Waals surface area contributed by atoms with Crippen molar-refractivity contribution in [1.29, 1.82) is 0 Å². The summed E-state index contributed by atoms with van der Waals surface area (Å²) in [5.74, 6) is -0.210. The Labute approximate surface area is 124 Å². The number of nitrogens with zero attached hydrogens (tertiary/aromatic N) is 1. The number of thiazole rings is 1. The second-order valence-corrected chi connectivity index (χ2v) is 8.26. The van der Waals surface area contributed by atoms with Gasteiger partial charge in [0.1, 0.15) is 9.09 Å². The molecule has 6 nitrogen and oxygen atoms in total. The van der Waals surface area contributed by atoms with E-state index >= 15 is 0 Å². The first-order valence-corrected chi connectivity index (χ1v) is 8.79. The van der Waals surface area contributed by atoms with Crippen LogP contribution < -0.4 is 10.5 Å². The minimum atomic E-state index is -3.68. The molecule has 0 aromatic carbocycles. The molecule has 0 radical (unpaired) electrons. The number of rotatable bonds is 4. The van der Waals surface area contributed by atoms with Gasteiger partial charge in [-0.05, 0) is 26.0 Å². The lowest BCUT2D eigenvalue weighted by Gasteiger charge is -2.01. The predicted octanol–water partition coefficient (Wildman–Crippen LogP) is 1.40. The highest BCUT2D eigenvalue weighted by Gasteiger charge is 2.15. The fourth-order valence-corrected chi connectivity index (χ4v) is 4.15. The molecule has 0 fully saturated rings. The number of hydrogen-bond donors (Lipinski definition) is 2. The number of carbonyl (C=O) groups is 1. The van der Waals surface area contributed by atoms with Gasteiger partial charge in [-0.3, -0.25) is 4.79 Å². The minimum Gasteiger partial charge on any atom is -0.346 e. The van der Waals surface area contributed by atoms with Crippen LogP contribution in [-0.4, -0.2) is 19.3 Å². The van der Waals surface area contributed by atoms with E-state index in [0.717, 1.165) is 21.2 Å². The van der Waals surface area contributed by atoms with Gasteiger partial charge in [0.15, 0.2) is 0 Å². The average molecular weight is 331 g/mol. The molecule has 0 unspecified atom stereocenters. The Kier molecular flexibility index (Phi) is 4.23. The number of sulfonamides is 1. The standard InChI is InChI=1S/C11H13N3O3S3/c1-6-10(18-7(2)14-6)11(15)13-5-8-3-4-9(19-8)20(12,16)17/h3-4H,5H2,1-2H3,(H,13,15)(H2,12,16,17). The van der Waals surface area contributed by atoms with E-state index in [1.54, 1.807) is 13.0 Å². The van der Waals surface area contributed by atoms with Crippen LogP contribution in [-0.2, 0) is 16.6 Å². The molecule has 1 amide bonds. The second kappa shape index (κ2) is 5.60. The normalized spacial score (nSPS) is 11.6. The molecule has 108 valence electrons. The van der Waals surface area contributed by atoms with Gasteiger partial charge in [0.25, 0.3) is 5.91 Å². The molecule has 9 heteroatoms. The molecule has 0 spiro atoms. The maximum absolute atomic E-state index is 12.0. The third-order valence-corrected chi connectivity index (χ3v) is 6.05. The van der Waals surface area contributed by atoms with Gasteiger partial charge in [0, 0.05) is 4.88 Å². The minimum absolute atomic E-state index is 0.0894. The van der Waals surface area contributed by atoms with E-state index in [1.807, 2.05) is 6.92 Å². The van der Waals surface area contributed by atoms with Gasteiger partial charge in [-0.25, -0.2) is 18.5 Å². The fraction of sp³-hybridized carbons (Fsp3) is 0.273. The maximum Gasteiger partial charge on any atom is 0.263 e. The maximum atomic E-state index is 12.0. The van der Waals surface area contributed by atoms with E-state index in [9.17, 15) is 13.2 Å². The van der Waals surface area contributed by atoms with Crippen LogP contribution in [0.1, 0.15) is 25.3 Å². The smallest absolute Gasteiger partial charge is 0.263 e. The average Bonchev–Trinajstić information content (AvgIpc) is 2.92. The van der Waals surface area contributed by atoms with E-state index in [0.29, 0.717) is 10.6 Å². The van der Waals surface area contributed by atoms with E-state index in [1.165, 1.54) is 17.4 Å². The molecule has 0 bridgehead atoms. The highest BCUT2D eigenvalue weighted by Crippen LogP contribution is 2.21. The molecule has 2 aromatic rings. The number of aromatic nitrogens is 1. The van der Waals surface area contributed by atoms with E-state index in [-0.39, 0.29) is 16.7 Å². The first-order valence-electron chi connectivity index (χ1n) is 5.61. The third kappa shape index (κ3) is 3.42. The lowest BCUT2D eigenvalue weighted by atomic mass is 10.3. The van der Waals surface area contributed by atoms with Crippen molar-refractivity contribution in [2.45, 2.75) is 24.6 Å². The summed E-state index contributed by atoms with van der Waals surface area (Å²) in [6.45, 7) is 3.88. The Morgan fingerprint density at radius 3 is 2.55 bits per heavy atom. The number of primary sulfonamides is 1. The highest BCUT2D eigenvalue weighted by molar-refractivity contribution is 7.91. The van der Waals surface area contributed by atoms with Crippen molar-refractivity contribution in [3.63, 3.8) is 0 Å². The Morgan fingerprint density at radius 2 is 2.05 bits per heavy atom. The van der Waals surface area contributed by atoms with Gasteiger partial charge >= 0.3 is 0 Å². The molecule has 2 aromatic heterocycles. The Balaban J connectivity index is 2.04. The van der Waals surface area contributed by atoms with E-state index in [4.69, 9.17) is 5.14 Å². The van der Waals surface area contributed by atoms with Crippen molar-refractivity contribution >= 4 is 38.6 Å². The first kappa shape index (κ1) is 15.1. The van der Waals surface area contributed by atoms with Crippen molar-refractivity contribution < 1.29 is 13.2 Å². The summed E-state index contributed by atoms with van der Waals surface area (Å²) in [7, 11) is -3.68. The van der Waals surface area contributed by atoms with E-state index in [2.05, 4.69) is 10.3 Å². The van der Waals surface area contributed by atoms with Crippen LogP contribution in [0.15, 0.2) is 16.3 Å². The SMILES string of the molecule is Cc1nc(C)c(C(=O)NCc2ccc(S(N)(=O)=O)s2)s1. The molecule has 0 aliphatic rings. The summed E-state index contributed by atoms with van der Waals surface area (Å²) < 4.78 is 22.4. The van der Waals surface area contributed by atoms with Crippen molar-refractivity contribution in [3.05, 3.63) is 32.6 Å². The van der Waals surface area contributed by atoms with Crippen LogP contribution in [0.4, 0.5) is 0 Å². The Morgan fingerprint density at radius 1 is 1.35 bits per heavy atom. The quantitative estimate of drug-likeness (QED) is 0.884. The zero-order chi connectivity index (χ0) is 14.9. The van der Waals surface area contributed by atoms with Gasteiger partial charge in [-0.1, -0.05) is 0 Å². The molecule has 20 heavy (non-hydrogen) atoms. The predicted molar refractivity (Wildman–Crippen MR) is 78.5 cm³/mol. The molecule has 0 saturated carbocycles. The first-order chi connectivity index (χ1) is 9.27. The van der Waals surface area contributed by atoms with Gasteiger partial charge in [-0.2, -0.15) is 0 Å².